The fraction of sp³-hybridized carbons (Fsp3) is 0.182. The number of para-hydroxylation sites is 1. The van der Waals surface area contributed by atoms with E-state index >= 15 is 0 Å². The number of hydrogen-bond acceptors (Lipinski definition) is 3. The molecular weight excluding hydrogens is 322 g/mol. The number of carbonyl (C=O) groups excluding carboxylic acids is 1. The molecule has 0 aliphatic heterocycles. The molecule has 0 aliphatic rings. The summed E-state index contributed by atoms with van der Waals surface area (Å²) in [5.74, 6) is 0.273. The van der Waals surface area contributed by atoms with E-state index in [2.05, 4.69) is 54.6 Å². The molecule has 1 aromatic heterocycles. The molecule has 0 fully saturated rings. The Morgan fingerprint density at radius 2 is 1.69 bits per heavy atom. The fourth-order valence-corrected chi connectivity index (χ4v) is 2.82. The summed E-state index contributed by atoms with van der Waals surface area (Å²) >= 11 is 0. The molecule has 3 aromatic rings. The van der Waals surface area contributed by atoms with Gasteiger partial charge in [-0.25, -0.2) is 0 Å². The number of hydrogen-bond donors (Lipinski definition) is 2. The molecule has 0 radical (unpaired) electrons. The second-order valence-electron chi connectivity index (χ2n) is 6.59. The first kappa shape index (κ1) is 17.7. The van der Waals surface area contributed by atoms with E-state index in [4.69, 9.17) is 0 Å². The molecule has 0 spiro atoms. The zero-order valence-electron chi connectivity index (χ0n) is 15.3. The Labute approximate surface area is 154 Å². The topological polar surface area (TPSA) is 54.0 Å². The Bertz CT molecular complexity index is 887. The lowest BCUT2D eigenvalue weighted by Crippen LogP contribution is -2.11. The van der Waals surface area contributed by atoms with Gasteiger partial charge in [-0.15, -0.1) is 0 Å². The van der Waals surface area contributed by atoms with Crippen molar-refractivity contribution >= 4 is 23.0 Å². The van der Waals surface area contributed by atoms with Crippen LogP contribution in [0.2, 0.25) is 0 Å². The lowest BCUT2D eigenvalue weighted by molar-refractivity contribution is 0.102. The van der Waals surface area contributed by atoms with Crippen LogP contribution in [0.15, 0.2) is 67.0 Å². The van der Waals surface area contributed by atoms with Crippen LogP contribution in [0.3, 0.4) is 0 Å². The van der Waals surface area contributed by atoms with Crippen molar-refractivity contribution in [3.05, 3.63) is 83.7 Å². The van der Waals surface area contributed by atoms with E-state index in [0.717, 1.165) is 17.1 Å². The number of carbonyl (C=O) groups is 1. The van der Waals surface area contributed by atoms with Crippen LogP contribution in [0.4, 0.5) is 17.1 Å². The minimum Gasteiger partial charge on any atom is -0.355 e. The van der Waals surface area contributed by atoms with E-state index in [0.29, 0.717) is 11.5 Å². The second-order valence-corrected chi connectivity index (χ2v) is 6.59. The van der Waals surface area contributed by atoms with E-state index in [-0.39, 0.29) is 5.91 Å². The minimum atomic E-state index is -0.167. The van der Waals surface area contributed by atoms with Crippen molar-refractivity contribution in [1.29, 1.82) is 0 Å². The van der Waals surface area contributed by atoms with Gasteiger partial charge in [-0.1, -0.05) is 32.0 Å². The van der Waals surface area contributed by atoms with Gasteiger partial charge in [-0.3, -0.25) is 9.78 Å². The van der Waals surface area contributed by atoms with Gasteiger partial charge >= 0.3 is 0 Å². The van der Waals surface area contributed by atoms with Gasteiger partial charge in [0, 0.05) is 29.5 Å². The highest BCUT2D eigenvalue weighted by Gasteiger charge is 2.10. The smallest absolute Gasteiger partial charge is 0.257 e. The summed E-state index contributed by atoms with van der Waals surface area (Å²) < 4.78 is 0. The Balaban J connectivity index is 1.74. The molecule has 0 saturated carbocycles. The molecule has 1 heterocycles. The maximum atomic E-state index is 12.2. The van der Waals surface area contributed by atoms with Gasteiger partial charge in [0.2, 0.25) is 0 Å². The van der Waals surface area contributed by atoms with Gasteiger partial charge in [0.25, 0.3) is 5.91 Å². The summed E-state index contributed by atoms with van der Waals surface area (Å²) in [6.07, 6.45) is 3.20. The Morgan fingerprint density at radius 3 is 2.35 bits per heavy atom. The summed E-state index contributed by atoms with van der Waals surface area (Å²) in [4.78, 5) is 16.2. The number of anilines is 3. The van der Waals surface area contributed by atoms with Crippen molar-refractivity contribution in [2.75, 3.05) is 10.6 Å². The highest BCUT2D eigenvalue weighted by atomic mass is 16.1. The van der Waals surface area contributed by atoms with Gasteiger partial charge in [0.15, 0.2) is 0 Å². The van der Waals surface area contributed by atoms with Crippen LogP contribution < -0.4 is 10.6 Å². The van der Waals surface area contributed by atoms with Gasteiger partial charge < -0.3 is 10.6 Å². The Kier molecular flexibility index (Phi) is 5.32. The fourth-order valence-electron chi connectivity index (χ4n) is 2.82. The maximum absolute atomic E-state index is 12.2. The van der Waals surface area contributed by atoms with Crippen LogP contribution in [0, 0.1) is 6.92 Å². The largest absolute Gasteiger partial charge is 0.355 e. The number of nitrogens with zero attached hydrogens (tertiary/aromatic N) is 1. The molecule has 132 valence electrons. The number of nitrogens with one attached hydrogen (secondary N) is 2. The van der Waals surface area contributed by atoms with E-state index in [9.17, 15) is 4.79 Å². The number of aryl methyl sites for hydroxylation is 1. The molecule has 0 bridgehead atoms. The third-order valence-corrected chi connectivity index (χ3v) is 4.26. The van der Waals surface area contributed by atoms with Crippen LogP contribution in [0.1, 0.15) is 41.3 Å². The molecule has 4 nitrogen and oxygen atoms in total. The standard InChI is InChI=1S/C22H23N3O/c1-15(2)20-8-4-6-16(3)21(20)24-18-9-11-19(12-10-18)25-22(26)17-7-5-13-23-14-17/h4-15,24H,1-3H3,(H,25,26). The van der Waals surface area contributed by atoms with Crippen LogP contribution in [-0.4, -0.2) is 10.9 Å². The van der Waals surface area contributed by atoms with Crippen molar-refractivity contribution in [2.45, 2.75) is 26.7 Å². The number of benzene rings is 2. The van der Waals surface area contributed by atoms with E-state index in [1.807, 2.05) is 24.3 Å². The first-order chi connectivity index (χ1) is 12.5. The highest BCUT2D eigenvalue weighted by molar-refractivity contribution is 6.04. The minimum absolute atomic E-state index is 0.167. The average molecular weight is 345 g/mol. The quantitative estimate of drug-likeness (QED) is 0.641. The number of rotatable bonds is 5. The summed E-state index contributed by atoms with van der Waals surface area (Å²) in [7, 11) is 0. The third kappa shape index (κ3) is 4.09. The van der Waals surface area contributed by atoms with Gasteiger partial charge in [-0.2, -0.15) is 0 Å². The monoisotopic (exact) mass is 345 g/mol. The van der Waals surface area contributed by atoms with Crippen molar-refractivity contribution in [3.63, 3.8) is 0 Å². The third-order valence-electron chi connectivity index (χ3n) is 4.26. The summed E-state index contributed by atoms with van der Waals surface area (Å²) in [5, 5.41) is 6.40. The Morgan fingerprint density at radius 1 is 0.962 bits per heavy atom. The van der Waals surface area contributed by atoms with Gasteiger partial charge in [0.1, 0.15) is 0 Å². The van der Waals surface area contributed by atoms with Crippen molar-refractivity contribution in [1.82, 2.24) is 4.98 Å². The molecule has 26 heavy (non-hydrogen) atoms. The molecular formula is C22H23N3O. The molecule has 2 N–H and O–H groups in total. The van der Waals surface area contributed by atoms with Crippen LogP contribution >= 0.6 is 0 Å². The second kappa shape index (κ2) is 7.83. The predicted octanol–water partition coefficient (Wildman–Crippen LogP) is 5.51. The molecule has 0 atom stereocenters. The molecule has 0 unspecified atom stereocenters. The normalized spacial score (nSPS) is 10.6. The predicted molar refractivity (Wildman–Crippen MR) is 107 cm³/mol. The van der Waals surface area contributed by atoms with E-state index in [1.54, 1.807) is 24.5 Å². The van der Waals surface area contributed by atoms with Gasteiger partial charge in [-0.05, 0) is 60.4 Å². The first-order valence-electron chi connectivity index (χ1n) is 8.72. The lowest BCUT2D eigenvalue weighted by atomic mass is 9.98. The zero-order valence-corrected chi connectivity index (χ0v) is 15.3. The SMILES string of the molecule is Cc1cccc(C(C)C)c1Nc1ccc(NC(=O)c2cccnc2)cc1. The molecule has 0 saturated heterocycles. The average Bonchev–Trinajstić information content (AvgIpc) is 2.65. The highest BCUT2D eigenvalue weighted by Crippen LogP contribution is 2.30. The van der Waals surface area contributed by atoms with Crippen molar-refractivity contribution in [2.24, 2.45) is 0 Å². The lowest BCUT2D eigenvalue weighted by Gasteiger charge is -2.17. The summed E-state index contributed by atoms with van der Waals surface area (Å²) in [6.45, 7) is 6.49. The molecule has 4 heteroatoms. The van der Waals surface area contributed by atoms with Crippen LogP contribution in [0.25, 0.3) is 0 Å². The number of pyridine rings is 1. The Hall–Kier alpha value is -3.14. The maximum Gasteiger partial charge on any atom is 0.257 e. The van der Waals surface area contributed by atoms with Crippen LogP contribution in [0.5, 0.6) is 0 Å². The summed E-state index contributed by atoms with van der Waals surface area (Å²) in [5.41, 5.74) is 5.92. The molecule has 3 rings (SSSR count). The van der Waals surface area contributed by atoms with Crippen molar-refractivity contribution in [3.8, 4) is 0 Å². The molecule has 2 aromatic carbocycles. The zero-order chi connectivity index (χ0) is 18.5. The number of aromatic nitrogens is 1. The molecule has 1 amide bonds. The van der Waals surface area contributed by atoms with Crippen molar-refractivity contribution < 1.29 is 4.79 Å². The van der Waals surface area contributed by atoms with Gasteiger partial charge in [0.05, 0.1) is 5.56 Å². The van der Waals surface area contributed by atoms with E-state index < -0.39 is 0 Å². The first-order valence-corrected chi connectivity index (χ1v) is 8.72. The van der Waals surface area contributed by atoms with Crippen LogP contribution in [-0.2, 0) is 0 Å². The summed E-state index contributed by atoms with van der Waals surface area (Å²) in [6, 6.07) is 17.6. The number of amides is 1. The van der Waals surface area contributed by atoms with E-state index in [1.165, 1.54) is 11.1 Å². The molecule has 0 aliphatic carbocycles.